The third kappa shape index (κ3) is 4.15. The summed E-state index contributed by atoms with van der Waals surface area (Å²) in [6.45, 7) is 1.08. The number of aliphatic carboxylic acids is 1. The van der Waals surface area contributed by atoms with E-state index < -0.39 is 23.2 Å². The molecule has 1 heterocycles. The molecule has 2 aromatic carbocycles. The van der Waals surface area contributed by atoms with Gasteiger partial charge in [0.05, 0.1) is 23.5 Å². The lowest BCUT2D eigenvalue weighted by atomic mass is 10.0. The second kappa shape index (κ2) is 8.41. The highest BCUT2D eigenvalue weighted by Crippen LogP contribution is 2.39. The van der Waals surface area contributed by atoms with E-state index in [0.717, 1.165) is 6.92 Å². The number of rotatable bonds is 6. The topological polar surface area (TPSA) is 108 Å². The molecule has 1 atom stereocenters. The molecule has 2 N–H and O–H groups in total. The fraction of sp³-hybridized carbons (Fsp3) is 0.158. The van der Waals surface area contributed by atoms with Crippen molar-refractivity contribution in [3.8, 4) is 11.8 Å². The predicted octanol–water partition coefficient (Wildman–Crippen LogP) is 3.93. The molecule has 0 saturated carbocycles. The van der Waals surface area contributed by atoms with Crippen LogP contribution in [0.4, 0.5) is 8.78 Å². The maximum Gasteiger partial charge on any atom is 0.377 e. The van der Waals surface area contributed by atoms with Crippen molar-refractivity contribution in [3.05, 3.63) is 52.8 Å². The standard InChI is InChI=1S/C19H13BrF2N4O3S/c1-10(16(27)28)25-17(29)19(21,22)30-18-24-9-15(20)26(18)14-7-6-11(8-23)12-4-2-3-5-13(12)14/h2-7,9-10H,1H3,(H,25,29)(H,27,28). The van der Waals surface area contributed by atoms with Crippen LogP contribution in [-0.2, 0) is 9.59 Å². The van der Waals surface area contributed by atoms with Crippen molar-refractivity contribution < 1.29 is 23.5 Å². The molecule has 7 nitrogen and oxygen atoms in total. The molecule has 30 heavy (non-hydrogen) atoms. The lowest BCUT2D eigenvalue weighted by molar-refractivity contribution is -0.144. The van der Waals surface area contributed by atoms with E-state index in [1.807, 2.05) is 0 Å². The molecule has 0 aliphatic carbocycles. The van der Waals surface area contributed by atoms with Crippen LogP contribution in [0.25, 0.3) is 16.5 Å². The van der Waals surface area contributed by atoms with E-state index in [9.17, 15) is 23.6 Å². The van der Waals surface area contributed by atoms with Crippen LogP contribution in [0, 0.1) is 11.3 Å². The highest BCUT2D eigenvalue weighted by molar-refractivity contribution is 9.10. The number of hydrogen-bond acceptors (Lipinski definition) is 5. The number of hydrogen-bond donors (Lipinski definition) is 2. The Hall–Kier alpha value is -2.97. The van der Waals surface area contributed by atoms with Crippen molar-refractivity contribution in [1.82, 2.24) is 14.9 Å². The molecular weight excluding hydrogens is 482 g/mol. The van der Waals surface area contributed by atoms with E-state index >= 15 is 0 Å². The lowest BCUT2D eigenvalue weighted by Gasteiger charge is -2.18. The molecule has 0 spiro atoms. The minimum atomic E-state index is -3.98. The van der Waals surface area contributed by atoms with Crippen molar-refractivity contribution in [2.24, 2.45) is 0 Å². The molecule has 154 valence electrons. The number of aromatic nitrogens is 2. The molecule has 3 rings (SSSR count). The number of carbonyl (C=O) groups is 2. The van der Waals surface area contributed by atoms with Crippen LogP contribution in [0.2, 0.25) is 0 Å². The van der Waals surface area contributed by atoms with Gasteiger partial charge in [0.25, 0.3) is 0 Å². The third-order valence-electron chi connectivity index (χ3n) is 4.15. The second-order valence-corrected chi connectivity index (χ2v) is 8.04. The van der Waals surface area contributed by atoms with Crippen LogP contribution in [0.3, 0.4) is 0 Å². The maximum atomic E-state index is 14.5. The van der Waals surface area contributed by atoms with E-state index in [2.05, 4.69) is 27.0 Å². The first-order chi connectivity index (χ1) is 14.2. The number of benzene rings is 2. The summed E-state index contributed by atoms with van der Waals surface area (Å²) in [4.78, 5) is 26.7. The number of amides is 1. The number of nitriles is 1. The second-order valence-electron chi connectivity index (χ2n) is 6.14. The Morgan fingerprint density at radius 1 is 1.30 bits per heavy atom. The van der Waals surface area contributed by atoms with E-state index in [4.69, 9.17) is 5.11 Å². The van der Waals surface area contributed by atoms with Gasteiger partial charge in [0.1, 0.15) is 10.6 Å². The van der Waals surface area contributed by atoms with Crippen LogP contribution >= 0.6 is 27.7 Å². The maximum absolute atomic E-state index is 14.5. The third-order valence-corrected chi connectivity index (χ3v) is 5.62. The molecule has 0 fully saturated rings. The van der Waals surface area contributed by atoms with Gasteiger partial charge in [-0.3, -0.25) is 14.2 Å². The number of carboxylic acid groups (broad SMARTS) is 1. The number of thioether (sulfide) groups is 1. The summed E-state index contributed by atoms with van der Waals surface area (Å²) >= 11 is 3.17. The van der Waals surface area contributed by atoms with Gasteiger partial charge in [-0.1, -0.05) is 24.3 Å². The van der Waals surface area contributed by atoms with Gasteiger partial charge >= 0.3 is 17.1 Å². The quantitative estimate of drug-likeness (QED) is 0.502. The molecule has 0 aliphatic rings. The molecule has 11 heteroatoms. The molecular formula is C19H13BrF2N4O3S. The average Bonchev–Trinajstić information content (AvgIpc) is 3.06. The zero-order valence-electron chi connectivity index (χ0n) is 15.3. The van der Waals surface area contributed by atoms with Crippen LogP contribution in [0.1, 0.15) is 12.5 Å². The van der Waals surface area contributed by atoms with Gasteiger partial charge < -0.3 is 10.4 Å². The minimum absolute atomic E-state index is 0.113. The van der Waals surface area contributed by atoms with Gasteiger partial charge in [0, 0.05) is 10.8 Å². The van der Waals surface area contributed by atoms with Crippen LogP contribution < -0.4 is 5.32 Å². The molecule has 0 aliphatic heterocycles. The first-order valence-corrected chi connectivity index (χ1v) is 10.0. The summed E-state index contributed by atoms with van der Waals surface area (Å²) < 4.78 is 30.8. The van der Waals surface area contributed by atoms with E-state index in [1.165, 1.54) is 10.8 Å². The molecule has 1 aromatic heterocycles. The number of nitrogens with zero attached hydrogens (tertiary/aromatic N) is 3. The van der Waals surface area contributed by atoms with Gasteiger partial charge in [-0.25, -0.2) is 4.98 Å². The number of fused-ring (bicyclic) bond motifs is 1. The summed E-state index contributed by atoms with van der Waals surface area (Å²) in [5.41, 5.74) is 0.902. The summed E-state index contributed by atoms with van der Waals surface area (Å²) in [6.07, 6.45) is 1.31. The number of alkyl halides is 2. The molecule has 3 aromatic rings. The normalized spacial score (nSPS) is 12.4. The average molecular weight is 495 g/mol. The van der Waals surface area contributed by atoms with Gasteiger partial charge in [-0.15, -0.1) is 0 Å². The SMILES string of the molecule is CC(NC(=O)C(F)(F)Sc1ncc(Br)n1-c1ccc(C#N)c2ccccc12)C(=O)O. The molecule has 0 bridgehead atoms. The van der Waals surface area contributed by atoms with E-state index in [1.54, 1.807) is 41.7 Å². The Morgan fingerprint density at radius 2 is 1.97 bits per heavy atom. The van der Waals surface area contributed by atoms with Gasteiger partial charge in [-0.2, -0.15) is 14.0 Å². The van der Waals surface area contributed by atoms with Crippen molar-refractivity contribution in [2.45, 2.75) is 23.4 Å². The summed E-state index contributed by atoms with van der Waals surface area (Å²) in [6, 6.07) is 10.8. The Kier molecular flexibility index (Phi) is 6.09. The largest absolute Gasteiger partial charge is 0.480 e. The molecule has 0 saturated heterocycles. The number of halogens is 3. The summed E-state index contributed by atoms with van der Waals surface area (Å²) in [5, 5.41) is 17.0. The smallest absolute Gasteiger partial charge is 0.377 e. The monoisotopic (exact) mass is 494 g/mol. The van der Waals surface area contributed by atoms with Gasteiger partial charge in [-0.05, 0) is 46.7 Å². The lowest BCUT2D eigenvalue weighted by Crippen LogP contribution is -2.45. The zero-order valence-corrected chi connectivity index (χ0v) is 17.7. The van der Waals surface area contributed by atoms with Crippen molar-refractivity contribution in [3.63, 3.8) is 0 Å². The number of carboxylic acids is 1. The Bertz CT molecular complexity index is 1190. The van der Waals surface area contributed by atoms with E-state index in [0.29, 0.717) is 26.6 Å². The van der Waals surface area contributed by atoms with Crippen molar-refractivity contribution >= 4 is 50.3 Å². The van der Waals surface area contributed by atoms with Crippen LogP contribution in [-0.4, -0.2) is 37.8 Å². The Balaban J connectivity index is 2.03. The molecule has 1 amide bonds. The van der Waals surface area contributed by atoms with Gasteiger partial charge in [0.15, 0.2) is 5.16 Å². The highest BCUT2D eigenvalue weighted by Gasteiger charge is 2.43. The Labute approximate surface area is 181 Å². The summed E-state index contributed by atoms with van der Waals surface area (Å²) in [7, 11) is 0. The van der Waals surface area contributed by atoms with Crippen molar-refractivity contribution in [1.29, 1.82) is 5.26 Å². The fourth-order valence-corrected chi connectivity index (χ4v) is 4.04. The zero-order chi connectivity index (χ0) is 22.1. The highest BCUT2D eigenvalue weighted by atomic mass is 79.9. The number of imidazole rings is 1. The molecule has 0 radical (unpaired) electrons. The fourth-order valence-electron chi connectivity index (χ4n) is 2.68. The predicted molar refractivity (Wildman–Crippen MR) is 110 cm³/mol. The summed E-state index contributed by atoms with van der Waals surface area (Å²) in [5.74, 6) is -3.17. The van der Waals surface area contributed by atoms with Gasteiger partial charge in [0.2, 0.25) is 0 Å². The Morgan fingerprint density at radius 3 is 2.60 bits per heavy atom. The number of carbonyl (C=O) groups excluding carboxylic acids is 1. The van der Waals surface area contributed by atoms with Crippen LogP contribution in [0.5, 0.6) is 0 Å². The first kappa shape index (κ1) is 21.7. The number of nitrogens with one attached hydrogen (secondary N) is 1. The van der Waals surface area contributed by atoms with Crippen LogP contribution in [0.15, 0.2) is 52.4 Å². The van der Waals surface area contributed by atoms with Crippen molar-refractivity contribution in [2.75, 3.05) is 0 Å². The minimum Gasteiger partial charge on any atom is -0.480 e. The molecule has 1 unspecified atom stereocenters. The van der Waals surface area contributed by atoms with E-state index in [-0.39, 0.29) is 16.9 Å². The first-order valence-electron chi connectivity index (χ1n) is 8.41.